The number of hydrogen-bond acceptors (Lipinski definition) is 13. The van der Waals surface area contributed by atoms with Gasteiger partial charge in [-0.05, 0) is 25.4 Å². The molecule has 286 valence electrons. The van der Waals surface area contributed by atoms with E-state index in [1.165, 1.54) is 36.8 Å². The van der Waals surface area contributed by atoms with Gasteiger partial charge in [0.2, 0.25) is 29.5 Å². The Balaban J connectivity index is 2.29. The van der Waals surface area contributed by atoms with Gasteiger partial charge in [0.1, 0.15) is 30.2 Å². The summed E-state index contributed by atoms with van der Waals surface area (Å²) in [6.45, 7) is 1.09. The Labute approximate surface area is 299 Å². The molecule has 0 fully saturated rings. The number of carboxylic acids is 3. The molecule has 0 saturated heterocycles. The molecule has 0 saturated carbocycles. The molecule has 2 heterocycles. The molecule has 0 bridgehead atoms. The van der Waals surface area contributed by atoms with Gasteiger partial charge < -0.3 is 62.7 Å². The van der Waals surface area contributed by atoms with Gasteiger partial charge in [0.15, 0.2) is 0 Å². The summed E-state index contributed by atoms with van der Waals surface area (Å²) in [6.07, 6.45) is 3.14. The number of aromatic nitrogens is 4. The first-order valence-electron chi connectivity index (χ1n) is 15.6. The van der Waals surface area contributed by atoms with E-state index < -0.39 is 103 Å². The number of aliphatic hydroxyl groups is 1. The standard InChI is InChI=1S/C29H42N10O12S/c1-13(40)23(28(49)37-18(6-15-10-32-12-34-15)26(47)38-20(29(50)51)8-22(43)44)39-27(48)19(7-21(41)42)36-25(46)17(5-14-9-31-11-33-14)35-24(45)16(30)3-4-52-2/h9-13,16-20,23,40H,3-8,30H2,1-2H3,(H,31,33)(H,32,34)(H,35,45)(H,36,46)(H,37,49)(H,38,47)(H,39,48)(H,41,42)(H,43,44)(H,50,51)/t13-,16+,17+,18+,19+,20+,23+/m1/s1. The van der Waals surface area contributed by atoms with Crippen LogP contribution in [0.5, 0.6) is 0 Å². The second-order valence-electron chi connectivity index (χ2n) is 11.5. The van der Waals surface area contributed by atoms with E-state index in [4.69, 9.17) is 10.8 Å². The Bertz CT molecular complexity index is 1540. The Morgan fingerprint density at radius 3 is 1.58 bits per heavy atom. The molecule has 0 aliphatic rings. The number of rotatable bonds is 23. The SMILES string of the molecule is CSCC[C@H](N)C(=O)N[C@@H](Cc1cnc[nH]1)C(=O)N[C@@H](CC(=O)O)C(=O)N[C@H](C(=O)N[C@@H](Cc1cnc[nH]1)C(=O)N[C@@H](CC(=O)O)C(=O)O)[C@@H](C)O. The van der Waals surface area contributed by atoms with E-state index in [0.717, 1.165) is 6.92 Å². The first-order valence-corrected chi connectivity index (χ1v) is 17.0. The lowest BCUT2D eigenvalue weighted by Gasteiger charge is -2.27. The van der Waals surface area contributed by atoms with E-state index in [1.807, 2.05) is 11.6 Å². The van der Waals surface area contributed by atoms with Crippen LogP contribution in [-0.4, -0.2) is 142 Å². The molecule has 0 spiro atoms. The van der Waals surface area contributed by atoms with E-state index >= 15 is 0 Å². The van der Waals surface area contributed by atoms with Gasteiger partial charge in [-0.1, -0.05) is 0 Å². The summed E-state index contributed by atoms with van der Waals surface area (Å²) in [5.41, 5.74) is 6.61. The van der Waals surface area contributed by atoms with Crippen LogP contribution in [0, 0.1) is 0 Å². The molecule has 0 aliphatic heterocycles. The van der Waals surface area contributed by atoms with Crippen LogP contribution < -0.4 is 32.3 Å². The van der Waals surface area contributed by atoms with Crippen molar-refractivity contribution >= 4 is 59.2 Å². The normalized spacial score (nSPS) is 15.0. The highest BCUT2D eigenvalue weighted by molar-refractivity contribution is 7.98. The average molecular weight is 755 g/mol. The molecule has 22 nitrogen and oxygen atoms in total. The average Bonchev–Trinajstić information content (AvgIpc) is 3.78. The molecular formula is C29H42N10O12S. The first kappa shape index (κ1) is 42.6. The molecule has 13 N–H and O–H groups in total. The van der Waals surface area contributed by atoms with Gasteiger partial charge in [0.05, 0.1) is 37.6 Å². The minimum Gasteiger partial charge on any atom is -0.481 e. The number of amides is 5. The zero-order valence-corrected chi connectivity index (χ0v) is 28.8. The van der Waals surface area contributed by atoms with Crippen LogP contribution in [0.2, 0.25) is 0 Å². The summed E-state index contributed by atoms with van der Waals surface area (Å²) in [7, 11) is 0. The highest BCUT2D eigenvalue weighted by Crippen LogP contribution is 2.07. The van der Waals surface area contributed by atoms with Crippen molar-refractivity contribution < 1.29 is 58.8 Å². The molecule has 0 radical (unpaired) electrons. The van der Waals surface area contributed by atoms with Gasteiger partial charge in [-0.15, -0.1) is 0 Å². The van der Waals surface area contributed by atoms with Crippen molar-refractivity contribution in [3.05, 3.63) is 36.4 Å². The molecule has 7 atom stereocenters. The van der Waals surface area contributed by atoms with E-state index in [1.54, 1.807) is 0 Å². The van der Waals surface area contributed by atoms with Gasteiger partial charge >= 0.3 is 17.9 Å². The summed E-state index contributed by atoms with van der Waals surface area (Å²) < 4.78 is 0. The fourth-order valence-electron chi connectivity index (χ4n) is 4.53. The van der Waals surface area contributed by atoms with E-state index in [2.05, 4.69) is 41.2 Å². The third-order valence-electron chi connectivity index (χ3n) is 7.26. The van der Waals surface area contributed by atoms with Crippen molar-refractivity contribution in [2.24, 2.45) is 5.73 Å². The highest BCUT2D eigenvalue weighted by Gasteiger charge is 2.36. The summed E-state index contributed by atoms with van der Waals surface area (Å²) in [4.78, 5) is 114. The third kappa shape index (κ3) is 14.4. The largest absolute Gasteiger partial charge is 0.481 e. The highest BCUT2D eigenvalue weighted by atomic mass is 32.2. The molecule has 2 aromatic rings. The van der Waals surface area contributed by atoms with Crippen LogP contribution in [0.1, 0.15) is 37.6 Å². The minimum atomic E-state index is -1.88. The predicted octanol–water partition coefficient (Wildman–Crippen LogP) is -4.16. The number of hydrogen-bond donors (Lipinski definition) is 12. The lowest BCUT2D eigenvalue weighted by molar-refractivity contribution is -0.147. The zero-order valence-electron chi connectivity index (χ0n) is 28.0. The maximum Gasteiger partial charge on any atom is 0.326 e. The number of carbonyl (C=O) groups is 8. The molecule has 0 unspecified atom stereocenters. The van der Waals surface area contributed by atoms with Crippen molar-refractivity contribution in [1.29, 1.82) is 0 Å². The van der Waals surface area contributed by atoms with E-state index in [9.17, 15) is 53.7 Å². The molecule has 5 amide bonds. The van der Waals surface area contributed by atoms with Crippen molar-refractivity contribution in [3.63, 3.8) is 0 Å². The Hall–Kier alpha value is -5.55. The molecule has 2 rings (SSSR count). The number of aliphatic hydroxyl groups excluding tert-OH is 1. The molecule has 2 aromatic heterocycles. The van der Waals surface area contributed by atoms with Crippen LogP contribution in [-0.2, 0) is 51.2 Å². The smallest absolute Gasteiger partial charge is 0.326 e. The summed E-state index contributed by atoms with van der Waals surface area (Å²) >= 11 is 1.45. The van der Waals surface area contributed by atoms with Crippen LogP contribution in [0.25, 0.3) is 0 Å². The van der Waals surface area contributed by atoms with Gasteiger partial charge in [-0.2, -0.15) is 11.8 Å². The zero-order chi connectivity index (χ0) is 39.0. The fourth-order valence-corrected chi connectivity index (χ4v) is 5.02. The van der Waals surface area contributed by atoms with E-state index in [0.29, 0.717) is 11.4 Å². The third-order valence-corrected chi connectivity index (χ3v) is 7.91. The molecule has 0 aromatic carbocycles. The Morgan fingerprint density at radius 2 is 1.15 bits per heavy atom. The van der Waals surface area contributed by atoms with Gasteiger partial charge in [0.25, 0.3) is 0 Å². The van der Waals surface area contributed by atoms with Crippen LogP contribution in [0.3, 0.4) is 0 Å². The molecule has 52 heavy (non-hydrogen) atoms. The van der Waals surface area contributed by atoms with Crippen molar-refractivity contribution in [3.8, 4) is 0 Å². The predicted molar refractivity (Wildman–Crippen MR) is 179 cm³/mol. The number of carbonyl (C=O) groups excluding carboxylic acids is 5. The van der Waals surface area contributed by atoms with E-state index in [-0.39, 0.29) is 25.0 Å². The number of imidazole rings is 2. The van der Waals surface area contributed by atoms with Gasteiger partial charge in [0, 0.05) is 36.6 Å². The Morgan fingerprint density at radius 1 is 0.712 bits per heavy atom. The number of H-pyrrole nitrogens is 2. The van der Waals surface area contributed by atoms with Crippen molar-refractivity contribution in [2.75, 3.05) is 12.0 Å². The van der Waals surface area contributed by atoms with Crippen LogP contribution >= 0.6 is 11.8 Å². The number of thioether (sulfide) groups is 1. The lowest BCUT2D eigenvalue weighted by Crippen LogP contribution is -2.62. The quantitative estimate of drug-likeness (QED) is 0.0512. The second kappa shape index (κ2) is 21.0. The topological polar surface area (TPSA) is 361 Å². The first-order chi connectivity index (χ1) is 24.5. The fraction of sp³-hybridized carbons (Fsp3) is 0.517. The second-order valence-corrected chi connectivity index (χ2v) is 12.4. The number of carboxylic acid groups (broad SMARTS) is 3. The number of nitrogens with one attached hydrogen (secondary N) is 7. The summed E-state index contributed by atoms with van der Waals surface area (Å²) in [6, 6.07) is -9.58. The summed E-state index contributed by atoms with van der Waals surface area (Å²) in [5, 5.41) is 49.5. The number of aliphatic carboxylic acids is 3. The molecule has 23 heteroatoms. The van der Waals surface area contributed by atoms with Crippen molar-refractivity contribution in [2.45, 2.75) is 81.4 Å². The van der Waals surface area contributed by atoms with Crippen LogP contribution in [0.15, 0.2) is 25.0 Å². The lowest BCUT2D eigenvalue weighted by atomic mass is 10.1. The van der Waals surface area contributed by atoms with Crippen molar-refractivity contribution in [1.82, 2.24) is 46.5 Å². The monoisotopic (exact) mass is 754 g/mol. The molecule has 0 aliphatic carbocycles. The summed E-state index contributed by atoms with van der Waals surface area (Å²) in [5.74, 6) is -9.47. The minimum absolute atomic E-state index is 0.165. The maximum absolute atomic E-state index is 13.4. The maximum atomic E-state index is 13.4. The van der Waals surface area contributed by atoms with Gasteiger partial charge in [-0.3, -0.25) is 33.6 Å². The molecular weight excluding hydrogens is 712 g/mol. The van der Waals surface area contributed by atoms with Crippen LogP contribution in [0.4, 0.5) is 0 Å². The number of nitrogens with two attached hydrogens (primary N) is 1. The number of aromatic amines is 2. The van der Waals surface area contributed by atoms with Gasteiger partial charge in [-0.25, -0.2) is 14.8 Å². The number of nitrogens with zero attached hydrogens (tertiary/aromatic N) is 2. The Kier molecular flexibility index (Phi) is 17.2.